The summed E-state index contributed by atoms with van der Waals surface area (Å²) in [6.07, 6.45) is 1.36. The Kier molecular flexibility index (Phi) is 8.87. The number of amides is 2. The van der Waals surface area contributed by atoms with Gasteiger partial charge in [-0.1, -0.05) is 49.4 Å². The normalized spacial score (nSPS) is 12.9. The van der Waals surface area contributed by atoms with Crippen molar-refractivity contribution < 1.29 is 28.7 Å². The quantitative estimate of drug-likeness (QED) is 0.142. The molecule has 2 aromatic rings. The first-order chi connectivity index (χ1) is 14.9. The predicted octanol–water partition coefficient (Wildman–Crippen LogP) is 3.80. The number of benzene rings is 2. The third kappa shape index (κ3) is 5.49. The van der Waals surface area contributed by atoms with Crippen LogP contribution in [0.1, 0.15) is 40.6 Å². The Hall–Kier alpha value is -3.29. The third-order valence-electron chi connectivity index (χ3n) is 4.57. The van der Waals surface area contributed by atoms with Gasteiger partial charge in [0.05, 0.1) is 30.9 Å². The number of imide groups is 1. The summed E-state index contributed by atoms with van der Waals surface area (Å²) in [5.74, 6) is -2.18. The van der Waals surface area contributed by atoms with Gasteiger partial charge in [0.25, 0.3) is 11.8 Å². The molecule has 0 saturated carbocycles. The van der Waals surface area contributed by atoms with Crippen LogP contribution < -0.4 is 0 Å². The van der Waals surface area contributed by atoms with Crippen LogP contribution in [0.15, 0.2) is 54.1 Å². The first kappa shape index (κ1) is 25.0. The lowest BCUT2D eigenvalue weighted by atomic mass is 10.1. The zero-order chi connectivity index (χ0) is 22.4. The van der Waals surface area contributed by atoms with Crippen molar-refractivity contribution in [2.75, 3.05) is 26.4 Å². The SMILES string of the molecule is C.CCOC(=O)/C(=C\c1ccccc1Cl)C(=O)COCCN1C(=O)c2ccccc2C1=O. The number of rotatable bonds is 9. The molecule has 0 aromatic heterocycles. The van der Waals surface area contributed by atoms with Gasteiger partial charge in [0.1, 0.15) is 12.2 Å². The second-order valence-corrected chi connectivity index (χ2v) is 6.99. The topological polar surface area (TPSA) is 90.0 Å². The summed E-state index contributed by atoms with van der Waals surface area (Å²) < 4.78 is 10.3. The van der Waals surface area contributed by atoms with Gasteiger partial charge in [-0.15, -0.1) is 0 Å². The van der Waals surface area contributed by atoms with E-state index in [4.69, 9.17) is 21.1 Å². The number of carbonyl (C=O) groups is 4. The van der Waals surface area contributed by atoms with Crippen LogP contribution in [0.5, 0.6) is 0 Å². The van der Waals surface area contributed by atoms with Gasteiger partial charge in [0.15, 0.2) is 5.78 Å². The van der Waals surface area contributed by atoms with Gasteiger partial charge in [0.2, 0.25) is 0 Å². The van der Waals surface area contributed by atoms with Crippen LogP contribution >= 0.6 is 11.6 Å². The summed E-state index contributed by atoms with van der Waals surface area (Å²) in [4.78, 5) is 50.6. The maximum Gasteiger partial charge on any atom is 0.341 e. The number of esters is 1. The highest BCUT2D eigenvalue weighted by atomic mass is 35.5. The van der Waals surface area contributed by atoms with Gasteiger partial charge in [-0.2, -0.15) is 0 Å². The summed E-state index contributed by atoms with van der Waals surface area (Å²) >= 11 is 6.11. The van der Waals surface area contributed by atoms with Gasteiger partial charge >= 0.3 is 5.97 Å². The molecule has 1 heterocycles. The third-order valence-corrected chi connectivity index (χ3v) is 4.92. The van der Waals surface area contributed by atoms with Crippen molar-refractivity contribution in [2.24, 2.45) is 0 Å². The highest BCUT2D eigenvalue weighted by Crippen LogP contribution is 2.22. The van der Waals surface area contributed by atoms with Crippen LogP contribution in [0.3, 0.4) is 0 Å². The Morgan fingerprint density at radius 3 is 2.19 bits per heavy atom. The van der Waals surface area contributed by atoms with Gasteiger partial charge in [-0.3, -0.25) is 19.3 Å². The molecule has 3 rings (SSSR count). The molecule has 168 valence electrons. The van der Waals surface area contributed by atoms with E-state index >= 15 is 0 Å². The number of ketones is 1. The van der Waals surface area contributed by atoms with E-state index < -0.39 is 30.2 Å². The molecule has 0 unspecified atom stereocenters. The lowest BCUT2D eigenvalue weighted by molar-refractivity contribution is -0.140. The Labute approximate surface area is 191 Å². The minimum absolute atomic E-state index is 0. The number of halogens is 1. The summed E-state index contributed by atoms with van der Waals surface area (Å²) in [6, 6.07) is 13.3. The van der Waals surface area contributed by atoms with E-state index in [1.165, 1.54) is 6.08 Å². The van der Waals surface area contributed by atoms with E-state index in [2.05, 4.69) is 0 Å². The van der Waals surface area contributed by atoms with E-state index in [1.54, 1.807) is 55.5 Å². The lowest BCUT2D eigenvalue weighted by Crippen LogP contribution is -2.33. The average molecular weight is 458 g/mol. The first-order valence-corrected chi connectivity index (χ1v) is 10.0. The molecular formula is C24H24ClNO6. The summed E-state index contributed by atoms with van der Waals surface area (Å²) in [5.41, 5.74) is 0.981. The minimum atomic E-state index is -0.781. The number of hydrogen-bond acceptors (Lipinski definition) is 6. The van der Waals surface area contributed by atoms with Crippen LogP contribution in [-0.4, -0.2) is 54.8 Å². The maximum atomic E-state index is 12.6. The zero-order valence-corrected chi connectivity index (χ0v) is 17.6. The molecule has 7 nitrogen and oxygen atoms in total. The largest absolute Gasteiger partial charge is 0.462 e. The highest BCUT2D eigenvalue weighted by Gasteiger charge is 2.34. The zero-order valence-electron chi connectivity index (χ0n) is 16.8. The van der Waals surface area contributed by atoms with Crippen LogP contribution in [0.25, 0.3) is 6.08 Å². The molecule has 0 saturated heterocycles. The smallest absolute Gasteiger partial charge is 0.341 e. The van der Waals surface area contributed by atoms with Gasteiger partial charge < -0.3 is 9.47 Å². The van der Waals surface area contributed by atoms with Crippen LogP contribution in [0.4, 0.5) is 0 Å². The molecule has 8 heteroatoms. The molecule has 0 radical (unpaired) electrons. The second kappa shape index (κ2) is 11.4. The molecule has 1 aliphatic rings. The summed E-state index contributed by atoms with van der Waals surface area (Å²) in [7, 11) is 0. The lowest BCUT2D eigenvalue weighted by Gasteiger charge is -2.14. The molecule has 2 amide bonds. The van der Waals surface area contributed by atoms with Crippen molar-refractivity contribution in [2.45, 2.75) is 14.4 Å². The van der Waals surface area contributed by atoms with Gasteiger partial charge in [-0.05, 0) is 36.8 Å². The number of fused-ring (bicyclic) bond motifs is 1. The first-order valence-electron chi connectivity index (χ1n) is 9.63. The number of nitrogens with zero attached hydrogens (tertiary/aromatic N) is 1. The van der Waals surface area contributed by atoms with Crippen molar-refractivity contribution >= 4 is 41.2 Å². The molecule has 0 bridgehead atoms. The van der Waals surface area contributed by atoms with Crippen LogP contribution in [-0.2, 0) is 19.1 Å². The molecule has 32 heavy (non-hydrogen) atoms. The monoisotopic (exact) mass is 457 g/mol. The number of ether oxygens (including phenoxy) is 2. The van der Waals surface area contributed by atoms with Gasteiger partial charge in [0, 0.05) is 5.02 Å². The van der Waals surface area contributed by atoms with E-state index in [1.807, 2.05) is 0 Å². The fourth-order valence-electron chi connectivity index (χ4n) is 3.05. The number of Topliss-reactive ketones (excluding diaryl/α,β-unsaturated/α-hetero) is 1. The van der Waals surface area contributed by atoms with Gasteiger partial charge in [-0.25, -0.2) is 4.79 Å². The molecule has 0 atom stereocenters. The molecule has 0 spiro atoms. The van der Waals surface area contributed by atoms with E-state index in [9.17, 15) is 19.2 Å². The fraction of sp³-hybridized carbons (Fsp3) is 0.250. The van der Waals surface area contributed by atoms with Crippen molar-refractivity contribution in [3.8, 4) is 0 Å². The van der Waals surface area contributed by atoms with Crippen LogP contribution in [0, 0.1) is 0 Å². The molecule has 1 aliphatic heterocycles. The van der Waals surface area contributed by atoms with E-state index in [-0.39, 0.29) is 32.8 Å². The van der Waals surface area contributed by atoms with Crippen molar-refractivity contribution in [3.05, 3.63) is 75.8 Å². The Balaban J connectivity index is 0.00000363. The number of carbonyl (C=O) groups excluding carboxylic acids is 4. The molecule has 0 aliphatic carbocycles. The molecule has 0 fully saturated rings. The second-order valence-electron chi connectivity index (χ2n) is 6.58. The maximum absolute atomic E-state index is 12.6. The van der Waals surface area contributed by atoms with Crippen molar-refractivity contribution in [3.63, 3.8) is 0 Å². The Morgan fingerprint density at radius 2 is 1.59 bits per heavy atom. The number of hydrogen-bond donors (Lipinski definition) is 0. The molecular weight excluding hydrogens is 434 g/mol. The summed E-state index contributed by atoms with van der Waals surface area (Å²) in [6.45, 7) is 1.25. The predicted molar refractivity (Wildman–Crippen MR) is 120 cm³/mol. The van der Waals surface area contributed by atoms with Crippen molar-refractivity contribution in [1.29, 1.82) is 0 Å². The van der Waals surface area contributed by atoms with E-state index in [0.29, 0.717) is 21.7 Å². The summed E-state index contributed by atoms with van der Waals surface area (Å²) in [5, 5.41) is 0.378. The molecule has 2 aromatic carbocycles. The van der Waals surface area contributed by atoms with Crippen LogP contribution in [0.2, 0.25) is 5.02 Å². The standard InChI is InChI=1S/C23H20ClNO6.CH4/c1-2-31-23(29)18(13-15-7-3-6-10-19(15)24)20(26)14-30-12-11-25-21(27)16-8-4-5-9-17(16)22(25)28;/h3-10,13H,2,11-12,14H2,1H3;1H4/b18-13-;. The van der Waals surface area contributed by atoms with E-state index in [0.717, 1.165) is 4.90 Å². The highest BCUT2D eigenvalue weighted by molar-refractivity contribution is 6.32. The Morgan fingerprint density at radius 1 is 1.00 bits per heavy atom. The fourth-order valence-corrected chi connectivity index (χ4v) is 3.24. The van der Waals surface area contributed by atoms with Crippen molar-refractivity contribution in [1.82, 2.24) is 4.90 Å². The average Bonchev–Trinajstić information content (AvgIpc) is 3.01. The Bertz CT molecular complexity index is 1030. The molecule has 0 N–H and O–H groups in total. The minimum Gasteiger partial charge on any atom is -0.462 e.